The third kappa shape index (κ3) is 4.98. The van der Waals surface area contributed by atoms with Gasteiger partial charge in [0.05, 0.1) is 11.4 Å². The van der Waals surface area contributed by atoms with E-state index in [1.165, 1.54) is 6.92 Å². The highest BCUT2D eigenvalue weighted by atomic mass is 32.2. The van der Waals surface area contributed by atoms with Crippen LogP contribution < -0.4 is 15.8 Å². The fourth-order valence-corrected chi connectivity index (χ4v) is 2.84. The standard InChI is InChI=1S/C13H20FN3O3S/c1-8(2)6-16-13(18)7-17-21(19,20)12-5-10(15)4-11(14)9(12)3/h4-5,8,17H,6-7,15H2,1-3H3,(H,16,18). The van der Waals surface area contributed by atoms with Crippen molar-refractivity contribution >= 4 is 21.6 Å². The van der Waals surface area contributed by atoms with Gasteiger partial charge in [0.1, 0.15) is 5.82 Å². The molecule has 0 radical (unpaired) electrons. The van der Waals surface area contributed by atoms with Gasteiger partial charge in [0, 0.05) is 17.8 Å². The zero-order chi connectivity index (χ0) is 16.2. The monoisotopic (exact) mass is 317 g/mol. The third-order valence-electron chi connectivity index (χ3n) is 2.74. The van der Waals surface area contributed by atoms with Gasteiger partial charge < -0.3 is 11.1 Å². The first kappa shape index (κ1) is 17.4. The zero-order valence-electron chi connectivity index (χ0n) is 12.2. The number of hydrogen-bond donors (Lipinski definition) is 3. The number of carbonyl (C=O) groups excluding carboxylic acids is 1. The number of nitrogens with two attached hydrogens (primary N) is 1. The van der Waals surface area contributed by atoms with Crippen LogP contribution in [-0.4, -0.2) is 27.4 Å². The summed E-state index contributed by atoms with van der Waals surface area (Å²) in [6, 6.07) is 2.20. The summed E-state index contributed by atoms with van der Waals surface area (Å²) in [4.78, 5) is 11.2. The van der Waals surface area contributed by atoms with Gasteiger partial charge in [-0.2, -0.15) is 0 Å². The van der Waals surface area contributed by atoms with E-state index >= 15 is 0 Å². The molecule has 0 fully saturated rings. The number of rotatable bonds is 6. The maximum absolute atomic E-state index is 13.5. The summed E-state index contributed by atoms with van der Waals surface area (Å²) in [5.41, 5.74) is 5.41. The SMILES string of the molecule is Cc1c(F)cc(N)cc1S(=O)(=O)NCC(=O)NCC(C)C. The fraction of sp³-hybridized carbons (Fsp3) is 0.462. The first-order valence-electron chi connectivity index (χ1n) is 6.45. The Morgan fingerprint density at radius 2 is 2.00 bits per heavy atom. The van der Waals surface area contributed by atoms with Crippen LogP contribution >= 0.6 is 0 Å². The Hall–Kier alpha value is -1.67. The summed E-state index contributed by atoms with van der Waals surface area (Å²) in [6.07, 6.45) is 0. The van der Waals surface area contributed by atoms with Crippen molar-refractivity contribution in [2.45, 2.75) is 25.7 Å². The molecule has 0 aliphatic heterocycles. The number of nitrogens with one attached hydrogen (secondary N) is 2. The quantitative estimate of drug-likeness (QED) is 0.674. The van der Waals surface area contributed by atoms with E-state index in [4.69, 9.17) is 5.73 Å². The molecular weight excluding hydrogens is 297 g/mol. The molecular formula is C13H20FN3O3S. The van der Waals surface area contributed by atoms with Gasteiger partial charge in [0.2, 0.25) is 15.9 Å². The molecule has 0 unspecified atom stereocenters. The van der Waals surface area contributed by atoms with E-state index in [9.17, 15) is 17.6 Å². The molecule has 4 N–H and O–H groups in total. The minimum atomic E-state index is -4.00. The number of halogens is 1. The summed E-state index contributed by atoms with van der Waals surface area (Å²) < 4.78 is 39.8. The van der Waals surface area contributed by atoms with Crippen molar-refractivity contribution in [1.82, 2.24) is 10.0 Å². The van der Waals surface area contributed by atoms with Crippen LogP contribution in [0.15, 0.2) is 17.0 Å². The molecule has 0 heterocycles. The average Bonchev–Trinajstić information content (AvgIpc) is 2.38. The number of carbonyl (C=O) groups is 1. The summed E-state index contributed by atoms with van der Waals surface area (Å²) >= 11 is 0. The Kier molecular flexibility index (Phi) is 5.68. The van der Waals surface area contributed by atoms with E-state index in [0.717, 1.165) is 12.1 Å². The zero-order valence-corrected chi connectivity index (χ0v) is 13.1. The summed E-state index contributed by atoms with van der Waals surface area (Å²) in [5.74, 6) is -0.898. The van der Waals surface area contributed by atoms with E-state index in [0.29, 0.717) is 6.54 Å². The lowest BCUT2D eigenvalue weighted by molar-refractivity contribution is -0.120. The normalized spacial score (nSPS) is 11.7. The Morgan fingerprint density at radius 1 is 1.38 bits per heavy atom. The number of hydrogen-bond acceptors (Lipinski definition) is 4. The van der Waals surface area contributed by atoms with Crippen LogP contribution in [0.2, 0.25) is 0 Å². The topological polar surface area (TPSA) is 101 Å². The molecule has 0 saturated carbocycles. The van der Waals surface area contributed by atoms with Crippen LogP contribution in [-0.2, 0) is 14.8 Å². The van der Waals surface area contributed by atoms with E-state index in [1.807, 2.05) is 13.8 Å². The Bertz CT molecular complexity index is 630. The van der Waals surface area contributed by atoms with E-state index < -0.39 is 28.3 Å². The van der Waals surface area contributed by atoms with Crippen molar-refractivity contribution in [2.75, 3.05) is 18.8 Å². The number of benzene rings is 1. The second-order valence-electron chi connectivity index (χ2n) is 5.15. The van der Waals surface area contributed by atoms with Crippen molar-refractivity contribution in [1.29, 1.82) is 0 Å². The van der Waals surface area contributed by atoms with Crippen LogP contribution in [0, 0.1) is 18.7 Å². The maximum Gasteiger partial charge on any atom is 0.241 e. The smallest absolute Gasteiger partial charge is 0.241 e. The molecule has 0 saturated heterocycles. The number of amides is 1. The molecule has 8 heteroatoms. The molecule has 1 rings (SSSR count). The van der Waals surface area contributed by atoms with Crippen LogP contribution in [0.5, 0.6) is 0 Å². The molecule has 0 atom stereocenters. The molecule has 0 aliphatic carbocycles. The van der Waals surface area contributed by atoms with Gasteiger partial charge >= 0.3 is 0 Å². The summed E-state index contributed by atoms with van der Waals surface area (Å²) in [6.45, 7) is 5.21. The first-order valence-corrected chi connectivity index (χ1v) is 7.93. The van der Waals surface area contributed by atoms with Crippen molar-refractivity contribution in [3.63, 3.8) is 0 Å². The van der Waals surface area contributed by atoms with Crippen LogP contribution in [0.3, 0.4) is 0 Å². The first-order chi connectivity index (χ1) is 9.63. The van der Waals surface area contributed by atoms with E-state index in [2.05, 4.69) is 10.0 Å². The van der Waals surface area contributed by atoms with E-state index in [1.54, 1.807) is 0 Å². The Balaban J connectivity index is 2.81. The lowest BCUT2D eigenvalue weighted by atomic mass is 10.2. The van der Waals surface area contributed by atoms with Crippen LogP contribution in [0.25, 0.3) is 0 Å². The number of sulfonamides is 1. The van der Waals surface area contributed by atoms with Crippen molar-refractivity contribution in [2.24, 2.45) is 5.92 Å². The van der Waals surface area contributed by atoms with Crippen LogP contribution in [0.1, 0.15) is 19.4 Å². The van der Waals surface area contributed by atoms with Crippen molar-refractivity contribution in [3.05, 3.63) is 23.5 Å². The molecule has 1 aromatic carbocycles. The minimum absolute atomic E-state index is 0.00253. The molecule has 1 amide bonds. The second kappa shape index (κ2) is 6.86. The molecule has 0 aliphatic rings. The number of nitrogen functional groups attached to an aromatic ring is 1. The Morgan fingerprint density at radius 3 is 2.57 bits per heavy atom. The van der Waals surface area contributed by atoms with Gasteiger partial charge in [-0.15, -0.1) is 0 Å². The largest absolute Gasteiger partial charge is 0.399 e. The summed E-state index contributed by atoms with van der Waals surface area (Å²) in [5, 5.41) is 2.58. The molecule has 21 heavy (non-hydrogen) atoms. The predicted octanol–water partition coefficient (Wildman–Crippen LogP) is 0.767. The maximum atomic E-state index is 13.5. The van der Waals surface area contributed by atoms with Gasteiger partial charge in [0.15, 0.2) is 0 Å². The van der Waals surface area contributed by atoms with Gasteiger partial charge in [-0.05, 0) is 25.0 Å². The highest BCUT2D eigenvalue weighted by Gasteiger charge is 2.20. The molecule has 0 aromatic heterocycles. The third-order valence-corrected chi connectivity index (χ3v) is 4.27. The lowest BCUT2D eigenvalue weighted by Crippen LogP contribution is -2.38. The lowest BCUT2D eigenvalue weighted by Gasteiger charge is -2.11. The highest BCUT2D eigenvalue weighted by Crippen LogP contribution is 2.21. The molecule has 0 bridgehead atoms. The van der Waals surface area contributed by atoms with E-state index in [-0.39, 0.29) is 22.1 Å². The second-order valence-corrected chi connectivity index (χ2v) is 6.88. The Labute approximate surface area is 124 Å². The molecule has 0 spiro atoms. The van der Waals surface area contributed by atoms with Gasteiger partial charge in [-0.1, -0.05) is 13.8 Å². The molecule has 1 aromatic rings. The highest BCUT2D eigenvalue weighted by molar-refractivity contribution is 7.89. The molecule has 118 valence electrons. The molecule has 6 nitrogen and oxygen atoms in total. The van der Waals surface area contributed by atoms with Gasteiger partial charge in [-0.3, -0.25) is 4.79 Å². The average molecular weight is 317 g/mol. The van der Waals surface area contributed by atoms with Gasteiger partial charge in [-0.25, -0.2) is 17.5 Å². The van der Waals surface area contributed by atoms with Gasteiger partial charge in [0.25, 0.3) is 0 Å². The minimum Gasteiger partial charge on any atom is -0.399 e. The predicted molar refractivity (Wildman–Crippen MR) is 78.6 cm³/mol. The summed E-state index contributed by atoms with van der Waals surface area (Å²) in [7, 11) is -4.00. The van der Waals surface area contributed by atoms with Crippen molar-refractivity contribution in [3.8, 4) is 0 Å². The fourth-order valence-electron chi connectivity index (χ4n) is 1.57. The number of anilines is 1. The van der Waals surface area contributed by atoms with Crippen LogP contribution in [0.4, 0.5) is 10.1 Å². The van der Waals surface area contributed by atoms with Crippen molar-refractivity contribution < 1.29 is 17.6 Å².